The summed E-state index contributed by atoms with van der Waals surface area (Å²) in [6.07, 6.45) is 3.68. The highest BCUT2D eigenvalue weighted by Gasteiger charge is 2.14. The molecule has 1 aromatic carbocycles. The summed E-state index contributed by atoms with van der Waals surface area (Å²) in [6.45, 7) is 7.43. The quantitative estimate of drug-likeness (QED) is 0.531. The maximum atomic E-state index is 5.41. The second-order valence-corrected chi connectivity index (χ2v) is 7.32. The lowest BCUT2D eigenvalue weighted by Crippen LogP contribution is -2.36. The number of rotatable bonds is 4. The molecule has 0 atom stereocenters. The molecule has 1 N–H and O–H groups in total. The topological polar surface area (TPSA) is 93.9 Å². The second kappa shape index (κ2) is 8.37. The first-order valence-corrected chi connectivity index (χ1v) is 9.75. The molecule has 0 unspecified atom stereocenters. The molecule has 9 nitrogen and oxygen atoms in total. The van der Waals surface area contributed by atoms with Gasteiger partial charge in [0.25, 0.3) is 0 Å². The number of nitrogens with one attached hydrogen (secondary N) is 1. The van der Waals surface area contributed by atoms with Gasteiger partial charge in [-0.15, -0.1) is 17.5 Å². The third-order valence-electron chi connectivity index (χ3n) is 5.04. The van der Waals surface area contributed by atoms with E-state index in [2.05, 4.69) is 50.4 Å². The van der Waals surface area contributed by atoms with Crippen LogP contribution in [0.4, 0.5) is 17.5 Å². The SMILES string of the molecule is CC(C)n1nnc2ccc3cnc(Nc4ccc(N5CCOCC5)cn4)nc3c21.Cl. The van der Waals surface area contributed by atoms with Gasteiger partial charge in [-0.25, -0.2) is 19.6 Å². The lowest BCUT2D eigenvalue weighted by atomic mass is 10.2. The summed E-state index contributed by atoms with van der Waals surface area (Å²) >= 11 is 0. The molecular formula is C20H23ClN8O. The van der Waals surface area contributed by atoms with E-state index < -0.39 is 0 Å². The van der Waals surface area contributed by atoms with Crippen molar-refractivity contribution in [2.45, 2.75) is 19.9 Å². The summed E-state index contributed by atoms with van der Waals surface area (Å²) < 4.78 is 7.30. The number of morpholine rings is 1. The lowest BCUT2D eigenvalue weighted by Gasteiger charge is -2.28. The fraction of sp³-hybridized carbons (Fsp3) is 0.350. The van der Waals surface area contributed by atoms with E-state index in [1.54, 1.807) is 0 Å². The van der Waals surface area contributed by atoms with Crippen LogP contribution in [0.15, 0.2) is 36.7 Å². The zero-order valence-electron chi connectivity index (χ0n) is 16.8. The molecule has 4 aromatic rings. The van der Waals surface area contributed by atoms with Crippen LogP contribution in [0.3, 0.4) is 0 Å². The molecule has 1 fully saturated rings. The molecule has 1 aliphatic heterocycles. The van der Waals surface area contributed by atoms with E-state index in [4.69, 9.17) is 9.72 Å². The Kier molecular flexibility index (Phi) is 5.65. The molecule has 4 heterocycles. The summed E-state index contributed by atoms with van der Waals surface area (Å²) in [7, 11) is 0. The predicted molar refractivity (Wildman–Crippen MR) is 119 cm³/mol. The molecule has 0 saturated carbocycles. The van der Waals surface area contributed by atoms with Crippen molar-refractivity contribution in [2.24, 2.45) is 0 Å². The first kappa shape index (κ1) is 20.2. The Morgan fingerprint density at radius 3 is 2.60 bits per heavy atom. The van der Waals surface area contributed by atoms with Gasteiger partial charge in [-0.3, -0.25) is 0 Å². The summed E-state index contributed by atoms with van der Waals surface area (Å²) in [5, 5.41) is 12.7. The third kappa shape index (κ3) is 3.73. The van der Waals surface area contributed by atoms with Crippen LogP contribution in [-0.4, -0.2) is 56.2 Å². The number of hydrogen-bond donors (Lipinski definition) is 1. The largest absolute Gasteiger partial charge is 0.378 e. The summed E-state index contributed by atoms with van der Waals surface area (Å²) in [4.78, 5) is 16.0. The van der Waals surface area contributed by atoms with Crippen molar-refractivity contribution < 1.29 is 4.74 Å². The highest BCUT2D eigenvalue weighted by atomic mass is 35.5. The van der Waals surface area contributed by atoms with Gasteiger partial charge in [0.15, 0.2) is 0 Å². The minimum Gasteiger partial charge on any atom is -0.378 e. The number of halogens is 1. The van der Waals surface area contributed by atoms with Crippen LogP contribution in [0, 0.1) is 0 Å². The molecule has 0 aliphatic carbocycles. The molecule has 0 bridgehead atoms. The molecule has 10 heteroatoms. The van der Waals surface area contributed by atoms with Crippen molar-refractivity contribution >= 4 is 51.8 Å². The monoisotopic (exact) mass is 426 g/mol. The van der Waals surface area contributed by atoms with Crippen LogP contribution in [-0.2, 0) is 4.74 Å². The van der Waals surface area contributed by atoms with Crippen molar-refractivity contribution in [2.75, 3.05) is 36.5 Å². The number of benzene rings is 1. The zero-order valence-corrected chi connectivity index (χ0v) is 17.6. The Balaban J connectivity index is 0.00000218. The van der Waals surface area contributed by atoms with E-state index in [9.17, 15) is 0 Å². The Hall–Kier alpha value is -3.04. The summed E-state index contributed by atoms with van der Waals surface area (Å²) in [5.74, 6) is 1.19. The maximum Gasteiger partial charge on any atom is 0.228 e. The first-order valence-electron chi connectivity index (χ1n) is 9.75. The van der Waals surface area contributed by atoms with Gasteiger partial charge in [0, 0.05) is 30.7 Å². The molecule has 30 heavy (non-hydrogen) atoms. The standard InChI is InChI=1S/C20H22N8O.ClH/c1-13(2)28-19-16(25-26-28)5-3-14-11-22-20(24-18(14)19)23-17-6-4-15(12-21-17)27-7-9-29-10-8-27;/h3-6,11-13H,7-10H2,1-2H3,(H,21,22,23,24);1H. The van der Waals surface area contributed by atoms with Crippen LogP contribution in [0.1, 0.15) is 19.9 Å². The van der Waals surface area contributed by atoms with Gasteiger partial charge in [-0.2, -0.15) is 0 Å². The third-order valence-corrected chi connectivity index (χ3v) is 5.04. The Morgan fingerprint density at radius 2 is 1.87 bits per heavy atom. The molecule has 1 aliphatic rings. The van der Waals surface area contributed by atoms with Crippen molar-refractivity contribution in [1.82, 2.24) is 29.9 Å². The molecular weight excluding hydrogens is 404 g/mol. The molecule has 0 amide bonds. The van der Waals surface area contributed by atoms with Crippen molar-refractivity contribution in [1.29, 1.82) is 0 Å². The number of nitrogens with zero attached hydrogens (tertiary/aromatic N) is 7. The molecule has 5 rings (SSSR count). The molecule has 0 spiro atoms. The number of hydrogen-bond acceptors (Lipinski definition) is 8. The minimum atomic E-state index is 0. The fourth-order valence-corrected chi connectivity index (χ4v) is 3.52. The Bertz CT molecular complexity index is 1150. The lowest BCUT2D eigenvalue weighted by molar-refractivity contribution is 0.122. The van der Waals surface area contributed by atoms with Crippen LogP contribution in [0.2, 0.25) is 0 Å². The molecule has 0 radical (unpaired) electrons. The summed E-state index contributed by atoms with van der Waals surface area (Å²) in [6, 6.07) is 8.10. The van der Waals surface area contributed by atoms with Gasteiger partial charge in [0.1, 0.15) is 22.4 Å². The minimum absolute atomic E-state index is 0. The smallest absolute Gasteiger partial charge is 0.228 e. The number of ether oxygens (including phenoxy) is 1. The van der Waals surface area contributed by atoms with Crippen LogP contribution in [0.5, 0.6) is 0 Å². The maximum absolute atomic E-state index is 5.41. The van der Waals surface area contributed by atoms with Gasteiger partial charge >= 0.3 is 0 Å². The number of fused-ring (bicyclic) bond motifs is 3. The Labute approximate surface area is 179 Å². The zero-order chi connectivity index (χ0) is 19.8. The van der Waals surface area contributed by atoms with Crippen LogP contribution < -0.4 is 10.2 Å². The van der Waals surface area contributed by atoms with Crippen molar-refractivity contribution in [3.63, 3.8) is 0 Å². The van der Waals surface area contributed by atoms with E-state index >= 15 is 0 Å². The number of aromatic nitrogens is 6. The van der Waals surface area contributed by atoms with Gasteiger partial charge in [-0.05, 0) is 38.1 Å². The van der Waals surface area contributed by atoms with Gasteiger partial charge in [-0.1, -0.05) is 5.21 Å². The molecule has 156 valence electrons. The van der Waals surface area contributed by atoms with Crippen LogP contribution >= 0.6 is 12.4 Å². The van der Waals surface area contributed by atoms with Crippen molar-refractivity contribution in [3.8, 4) is 0 Å². The van der Waals surface area contributed by atoms with Gasteiger partial charge < -0.3 is 15.0 Å². The van der Waals surface area contributed by atoms with E-state index in [-0.39, 0.29) is 18.4 Å². The second-order valence-electron chi connectivity index (χ2n) is 7.32. The van der Waals surface area contributed by atoms with E-state index in [0.29, 0.717) is 11.8 Å². The predicted octanol–water partition coefficient (Wildman–Crippen LogP) is 3.35. The van der Waals surface area contributed by atoms with E-state index in [1.165, 1.54) is 0 Å². The van der Waals surface area contributed by atoms with Crippen molar-refractivity contribution in [3.05, 3.63) is 36.7 Å². The van der Waals surface area contributed by atoms with Gasteiger partial charge in [0.05, 0.1) is 25.1 Å². The normalized spacial score (nSPS) is 14.3. The van der Waals surface area contributed by atoms with Crippen LogP contribution in [0.25, 0.3) is 21.9 Å². The molecule has 1 saturated heterocycles. The average Bonchev–Trinajstić information content (AvgIpc) is 3.20. The Morgan fingerprint density at radius 1 is 1.03 bits per heavy atom. The average molecular weight is 427 g/mol. The fourth-order valence-electron chi connectivity index (χ4n) is 3.52. The highest BCUT2D eigenvalue weighted by Crippen LogP contribution is 2.25. The van der Waals surface area contributed by atoms with Gasteiger partial charge in [0.2, 0.25) is 5.95 Å². The van der Waals surface area contributed by atoms with E-state index in [0.717, 1.165) is 53.9 Å². The summed E-state index contributed by atoms with van der Waals surface area (Å²) in [5.41, 5.74) is 3.65. The number of pyridine rings is 1. The number of anilines is 3. The highest BCUT2D eigenvalue weighted by molar-refractivity contribution is 6.01. The molecule has 3 aromatic heterocycles. The van der Waals surface area contributed by atoms with E-state index in [1.807, 2.05) is 35.3 Å². The first-order chi connectivity index (χ1) is 14.2.